The van der Waals surface area contributed by atoms with Crippen LogP contribution < -0.4 is 10.2 Å². The van der Waals surface area contributed by atoms with E-state index in [9.17, 15) is 10.2 Å². The molecule has 2 rings (SSSR count). The molecule has 9 heteroatoms. The standard InChI is InChI=1S/2C10H12ClNO2.Cu/c2*1-7(2)14-10(13)12-9-5-3-4-8(11)6-9;/h2*3-7H,1-2H3,(H,12,13);/q;;+2/p-2. The van der Waals surface area contributed by atoms with Gasteiger partial charge in [-0.2, -0.15) is 0 Å². The Morgan fingerprint density at radius 1 is 0.759 bits per heavy atom. The number of nitrogens with zero attached hydrogens (tertiary/aromatic N) is 2. The number of hydrogen-bond donors (Lipinski definition) is 0. The number of halogens is 2. The van der Waals surface area contributed by atoms with Crippen LogP contribution in [-0.4, -0.2) is 24.4 Å². The molecule has 2 aromatic carbocycles. The van der Waals surface area contributed by atoms with Gasteiger partial charge in [-0.3, -0.25) is 0 Å². The van der Waals surface area contributed by atoms with Crippen LogP contribution >= 0.6 is 23.2 Å². The van der Waals surface area contributed by atoms with Crippen molar-refractivity contribution in [2.45, 2.75) is 39.9 Å². The molecule has 0 atom stereocenters. The summed E-state index contributed by atoms with van der Waals surface area (Å²) in [5, 5.41) is 23.3. The third-order valence-corrected chi connectivity index (χ3v) is 3.20. The Hall–Kier alpha value is -1.92. The molecule has 0 heterocycles. The molecule has 0 fully saturated rings. The molecule has 0 N–H and O–H groups in total. The van der Waals surface area contributed by atoms with Crippen molar-refractivity contribution < 1.29 is 36.8 Å². The summed E-state index contributed by atoms with van der Waals surface area (Å²) in [6.07, 6.45) is -1.51. The number of ether oxygens (including phenoxy) is 2. The van der Waals surface area contributed by atoms with Gasteiger partial charge in [0, 0.05) is 22.3 Å². The van der Waals surface area contributed by atoms with Gasteiger partial charge < -0.3 is 19.7 Å². The van der Waals surface area contributed by atoms with Gasteiger partial charge in [-0.1, -0.05) is 63.0 Å². The van der Waals surface area contributed by atoms with Crippen molar-refractivity contribution in [1.82, 2.24) is 0 Å². The molecule has 0 spiro atoms. The summed E-state index contributed by atoms with van der Waals surface area (Å²) < 4.78 is 9.69. The average molecular weight is 489 g/mol. The van der Waals surface area contributed by atoms with Gasteiger partial charge in [-0.05, 0) is 36.4 Å². The van der Waals surface area contributed by atoms with Gasteiger partial charge in [0.1, 0.15) is 0 Å². The van der Waals surface area contributed by atoms with Crippen molar-refractivity contribution in [2.75, 3.05) is 0 Å². The Labute approximate surface area is 191 Å². The second-order valence-corrected chi connectivity index (χ2v) is 6.92. The first-order chi connectivity index (χ1) is 13.2. The smallest absolute Gasteiger partial charge is 0.597 e. The molecule has 161 valence electrons. The minimum atomic E-state index is -0.595. The first-order valence-corrected chi connectivity index (χ1v) is 9.27. The molecule has 0 aliphatic heterocycles. The van der Waals surface area contributed by atoms with E-state index in [0.717, 1.165) is 0 Å². The zero-order valence-corrected chi connectivity index (χ0v) is 18.8. The molecule has 0 aliphatic rings. The van der Waals surface area contributed by atoms with Crippen LogP contribution in [0.3, 0.4) is 0 Å². The van der Waals surface area contributed by atoms with Crippen LogP contribution in [0.4, 0.5) is 11.4 Å². The van der Waals surface area contributed by atoms with E-state index in [1.54, 1.807) is 76.2 Å². The summed E-state index contributed by atoms with van der Waals surface area (Å²) in [4.78, 5) is 7.43. The summed E-state index contributed by atoms with van der Waals surface area (Å²) in [5.41, 5.74) is 1.01. The van der Waals surface area contributed by atoms with E-state index in [4.69, 9.17) is 32.7 Å². The van der Waals surface area contributed by atoms with Crippen LogP contribution in [0.25, 0.3) is 0 Å². The van der Waals surface area contributed by atoms with Gasteiger partial charge in [0.05, 0.1) is 11.4 Å². The van der Waals surface area contributed by atoms with E-state index in [0.29, 0.717) is 21.4 Å². The van der Waals surface area contributed by atoms with E-state index in [1.165, 1.54) is 0 Å². The molecule has 0 unspecified atom stereocenters. The predicted molar refractivity (Wildman–Crippen MR) is 110 cm³/mol. The molecular weight excluding hydrogens is 467 g/mol. The molecule has 0 aliphatic carbocycles. The minimum Gasteiger partial charge on any atom is -0.597 e. The van der Waals surface area contributed by atoms with Crippen molar-refractivity contribution in [3.05, 3.63) is 58.6 Å². The summed E-state index contributed by atoms with van der Waals surface area (Å²) in [5.74, 6) is 0. The van der Waals surface area contributed by atoms with E-state index < -0.39 is 12.2 Å². The summed E-state index contributed by atoms with van der Waals surface area (Å²) in [6.45, 7) is 7.08. The maximum atomic E-state index is 11.1. The second-order valence-electron chi connectivity index (χ2n) is 6.05. The maximum absolute atomic E-state index is 11.1. The van der Waals surface area contributed by atoms with Gasteiger partial charge in [-0.25, -0.2) is 9.98 Å². The average Bonchev–Trinajstić information content (AvgIpc) is 2.53. The fourth-order valence-corrected chi connectivity index (χ4v) is 2.13. The van der Waals surface area contributed by atoms with Crippen molar-refractivity contribution >= 4 is 46.7 Å². The summed E-state index contributed by atoms with van der Waals surface area (Å²) in [6, 6.07) is 13.5. The SMILES string of the molecule is CC(C)OC([O-])=Nc1cccc(Cl)c1.CC(C)OC([O-])=Nc1cccc(Cl)c1.[Cu+2]. The number of benzene rings is 2. The maximum Gasteiger partial charge on any atom is 2.00 e. The summed E-state index contributed by atoms with van der Waals surface area (Å²) >= 11 is 11.4. The normalized spacial score (nSPS) is 11.4. The predicted octanol–water partition coefficient (Wildman–Crippen LogP) is 4.22. The largest absolute Gasteiger partial charge is 2.00 e. The fourth-order valence-electron chi connectivity index (χ4n) is 1.76. The van der Waals surface area contributed by atoms with Crippen molar-refractivity contribution in [3.63, 3.8) is 0 Å². The van der Waals surface area contributed by atoms with E-state index in [-0.39, 0.29) is 29.3 Å². The van der Waals surface area contributed by atoms with E-state index in [2.05, 4.69) is 9.98 Å². The quantitative estimate of drug-likeness (QED) is 0.366. The third kappa shape index (κ3) is 13.0. The van der Waals surface area contributed by atoms with Gasteiger partial charge in [0.15, 0.2) is 12.2 Å². The number of hydrogen-bond acceptors (Lipinski definition) is 6. The number of rotatable bonds is 4. The van der Waals surface area contributed by atoms with E-state index >= 15 is 0 Å². The van der Waals surface area contributed by atoms with Gasteiger partial charge in [0.2, 0.25) is 0 Å². The Kier molecular flexibility index (Phi) is 13.2. The van der Waals surface area contributed by atoms with Crippen molar-refractivity contribution in [2.24, 2.45) is 9.98 Å². The fraction of sp³-hybridized carbons (Fsp3) is 0.300. The molecule has 0 saturated carbocycles. The third-order valence-electron chi connectivity index (χ3n) is 2.73. The minimum absolute atomic E-state index is 0. The molecule has 0 aromatic heterocycles. The van der Waals surface area contributed by atoms with Crippen LogP contribution in [-0.2, 0) is 26.5 Å². The van der Waals surface area contributed by atoms with Crippen LogP contribution in [0.15, 0.2) is 58.5 Å². The molecule has 0 bridgehead atoms. The van der Waals surface area contributed by atoms with Crippen LogP contribution in [0.2, 0.25) is 10.0 Å². The molecule has 1 radical (unpaired) electrons. The van der Waals surface area contributed by atoms with Gasteiger partial charge >= 0.3 is 17.1 Å². The zero-order chi connectivity index (χ0) is 21.1. The van der Waals surface area contributed by atoms with Crippen molar-refractivity contribution in [3.8, 4) is 0 Å². The van der Waals surface area contributed by atoms with Crippen LogP contribution in [0.5, 0.6) is 0 Å². The van der Waals surface area contributed by atoms with Gasteiger partial charge in [0.25, 0.3) is 0 Å². The summed E-state index contributed by atoms with van der Waals surface area (Å²) in [7, 11) is 0. The zero-order valence-electron chi connectivity index (χ0n) is 16.4. The second kappa shape index (κ2) is 14.1. The Bertz CT molecular complexity index is 747. The Morgan fingerprint density at radius 2 is 1.10 bits per heavy atom. The van der Waals surface area contributed by atoms with Crippen LogP contribution in [0, 0.1) is 0 Å². The Morgan fingerprint density at radius 3 is 1.38 bits per heavy atom. The van der Waals surface area contributed by atoms with Gasteiger partial charge in [-0.15, -0.1) is 0 Å². The number of aliphatic imine (C=N–C) groups is 2. The molecule has 0 amide bonds. The topological polar surface area (TPSA) is 89.3 Å². The monoisotopic (exact) mass is 487 g/mol. The first kappa shape index (κ1) is 27.1. The molecule has 0 saturated heterocycles. The molecule has 6 nitrogen and oxygen atoms in total. The molecular formula is C20H22Cl2CuN2O4. The van der Waals surface area contributed by atoms with Crippen LogP contribution in [0.1, 0.15) is 27.7 Å². The van der Waals surface area contributed by atoms with Crippen molar-refractivity contribution in [1.29, 1.82) is 0 Å². The Balaban J connectivity index is 0.000000523. The van der Waals surface area contributed by atoms with E-state index in [1.807, 2.05) is 0 Å². The molecule has 2 aromatic rings. The first-order valence-electron chi connectivity index (χ1n) is 8.51. The molecule has 29 heavy (non-hydrogen) atoms.